The zero-order valence-corrected chi connectivity index (χ0v) is 40.5. The summed E-state index contributed by atoms with van der Waals surface area (Å²) in [4.78, 5) is 15.8. The van der Waals surface area contributed by atoms with Crippen LogP contribution >= 0.6 is 0 Å². The Hall–Kier alpha value is -9.97. The quantitative estimate of drug-likeness (QED) is 0.152. The van der Waals surface area contributed by atoms with E-state index in [0.717, 1.165) is 88.4 Å². The van der Waals surface area contributed by atoms with E-state index in [0.29, 0.717) is 17.5 Å². The molecule has 5 heteroatoms. The predicted octanol–water partition coefficient (Wildman–Crippen LogP) is 18.0. The highest BCUT2D eigenvalue weighted by atomic mass is 16.3. The van der Waals surface area contributed by atoms with Crippen LogP contribution < -0.4 is 0 Å². The zero-order valence-electron chi connectivity index (χ0n) is 40.5. The summed E-state index contributed by atoms with van der Waals surface area (Å²) in [7, 11) is 0. The Bertz CT molecular complexity index is 4480. The van der Waals surface area contributed by atoms with Gasteiger partial charge in [-0.3, -0.25) is 0 Å². The van der Waals surface area contributed by atoms with Gasteiger partial charge in [0.2, 0.25) is 0 Å². The van der Waals surface area contributed by atoms with Crippen LogP contribution in [0.4, 0.5) is 0 Å². The summed E-state index contributed by atoms with van der Waals surface area (Å²) in [5.74, 6) is 1.62. The van der Waals surface area contributed by atoms with Gasteiger partial charge in [-0.25, -0.2) is 15.0 Å². The summed E-state index contributed by atoms with van der Waals surface area (Å²) >= 11 is 0. The summed E-state index contributed by atoms with van der Waals surface area (Å²) in [5.41, 5.74) is 19.5. The van der Waals surface area contributed by atoms with Crippen LogP contribution in [-0.2, 0) is 5.41 Å². The number of rotatable bonds is 8. The first kappa shape index (κ1) is 42.7. The van der Waals surface area contributed by atoms with Crippen molar-refractivity contribution in [3.05, 3.63) is 283 Å². The van der Waals surface area contributed by atoms with E-state index in [1.54, 1.807) is 0 Å². The van der Waals surface area contributed by atoms with Crippen molar-refractivity contribution < 1.29 is 8.83 Å². The molecule has 0 spiro atoms. The number of fused-ring (bicyclic) bond motifs is 9. The molecule has 0 N–H and O–H groups in total. The normalized spacial score (nSPS) is 12.6. The van der Waals surface area contributed by atoms with Gasteiger partial charge in [0.1, 0.15) is 22.3 Å². The van der Waals surface area contributed by atoms with E-state index in [1.165, 1.54) is 38.9 Å². The van der Waals surface area contributed by atoms with Gasteiger partial charge in [0.15, 0.2) is 17.5 Å². The Morgan fingerprint density at radius 1 is 0.280 bits per heavy atom. The second-order valence-electron chi connectivity index (χ2n) is 19.4. The van der Waals surface area contributed by atoms with Crippen molar-refractivity contribution in [3.63, 3.8) is 0 Å². The molecule has 0 aliphatic heterocycles. The average Bonchev–Trinajstić information content (AvgIpc) is 4.27. The van der Waals surface area contributed by atoms with Gasteiger partial charge in [-0.2, -0.15) is 0 Å². The van der Waals surface area contributed by atoms with Crippen molar-refractivity contribution in [3.8, 4) is 78.7 Å². The van der Waals surface area contributed by atoms with Crippen LogP contribution in [0.3, 0.4) is 0 Å². The summed E-state index contributed by atoms with van der Waals surface area (Å²) < 4.78 is 13.2. The van der Waals surface area contributed by atoms with Gasteiger partial charge in [0.05, 0.1) is 11.0 Å². The topological polar surface area (TPSA) is 65.0 Å². The summed E-state index contributed by atoms with van der Waals surface area (Å²) in [6, 6.07) is 92.5. The Morgan fingerprint density at radius 3 is 1.60 bits per heavy atom. The van der Waals surface area contributed by atoms with Crippen molar-refractivity contribution in [1.29, 1.82) is 0 Å². The first-order valence-electron chi connectivity index (χ1n) is 25.4. The molecule has 0 unspecified atom stereocenters. The highest BCUT2D eigenvalue weighted by molar-refractivity contribution is 6.13. The van der Waals surface area contributed by atoms with Crippen molar-refractivity contribution in [1.82, 2.24) is 15.0 Å². The molecular formula is C70H43N3O2. The van der Waals surface area contributed by atoms with Crippen LogP contribution in [0, 0.1) is 0 Å². The molecule has 0 bridgehead atoms. The number of benzene rings is 11. The third-order valence-corrected chi connectivity index (χ3v) is 15.3. The molecule has 0 amide bonds. The lowest BCUT2D eigenvalue weighted by Crippen LogP contribution is -2.28. The number of nitrogens with zero attached hydrogens (tertiary/aromatic N) is 3. The maximum Gasteiger partial charge on any atom is 0.167 e. The molecule has 0 saturated heterocycles. The second-order valence-corrected chi connectivity index (χ2v) is 19.4. The van der Waals surface area contributed by atoms with Crippen LogP contribution in [-0.4, -0.2) is 15.0 Å². The maximum absolute atomic E-state index is 6.66. The van der Waals surface area contributed by atoms with E-state index in [-0.39, 0.29) is 0 Å². The van der Waals surface area contributed by atoms with E-state index in [2.05, 4.69) is 212 Å². The van der Waals surface area contributed by atoms with Gasteiger partial charge in [0, 0.05) is 32.7 Å². The molecule has 15 rings (SSSR count). The van der Waals surface area contributed by atoms with Crippen LogP contribution in [0.2, 0.25) is 0 Å². The summed E-state index contributed by atoms with van der Waals surface area (Å²) in [6.45, 7) is 0. The van der Waals surface area contributed by atoms with Crippen LogP contribution in [0.25, 0.3) is 123 Å². The molecule has 1 aliphatic rings. The smallest absolute Gasteiger partial charge is 0.167 e. The van der Waals surface area contributed by atoms with Gasteiger partial charge < -0.3 is 8.83 Å². The number of hydrogen-bond donors (Lipinski definition) is 0. The Balaban J connectivity index is 0.881. The lowest BCUT2D eigenvalue weighted by Gasteiger charge is -2.34. The van der Waals surface area contributed by atoms with Crippen molar-refractivity contribution >= 4 is 43.9 Å². The minimum absolute atomic E-state index is 0.485. The van der Waals surface area contributed by atoms with Gasteiger partial charge in [-0.15, -0.1) is 0 Å². The molecule has 14 aromatic rings. The SMILES string of the molecule is c1ccc(-c2ccc(-c3nc(-c4cccc5c4oc4ccccc45)nc(-c4cccc5oc6ccc(-c7cccc(-c8cccc9c8-c8ccccc8C9(c8ccccc8)c8ccccc8)c7)cc6c45)n3)cc2)cc1. The molecular weight excluding hydrogens is 915 g/mol. The number of hydrogen-bond acceptors (Lipinski definition) is 5. The van der Waals surface area contributed by atoms with E-state index in [9.17, 15) is 0 Å². The minimum Gasteiger partial charge on any atom is -0.456 e. The van der Waals surface area contributed by atoms with E-state index in [1.807, 2.05) is 48.5 Å². The fourth-order valence-corrected chi connectivity index (χ4v) is 11.9. The highest BCUT2D eigenvalue weighted by Gasteiger charge is 2.46. The third kappa shape index (κ3) is 6.75. The number of aromatic nitrogens is 3. The maximum atomic E-state index is 6.66. The van der Waals surface area contributed by atoms with Crippen molar-refractivity contribution in [2.24, 2.45) is 0 Å². The fraction of sp³-hybridized carbons (Fsp3) is 0.0143. The Labute approximate surface area is 432 Å². The summed E-state index contributed by atoms with van der Waals surface area (Å²) in [5, 5.41) is 3.96. The minimum atomic E-state index is -0.485. The van der Waals surface area contributed by atoms with E-state index < -0.39 is 5.41 Å². The monoisotopic (exact) mass is 957 g/mol. The molecule has 3 aromatic heterocycles. The van der Waals surface area contributed by atoms with Crippen LogP contribution in [0.5, 0.6) is 0 Å². The zero-order chi connectivity index (χ0) is 49.5. The van der Waals surface area contributed by atoms with Gasteiger partial charge in [-0.05, 0) is 103 Å². The Morgan fingerprint density at radius 2 is 0.787 bits per heavy atom. The van der Waals surface area contributed by atoms with E-state index in [4.69, 9.17) is 23.8 Å². The first-order valence-corrected chi connectivity index (χ1v) is 25.4. The van der Waals surface area contributed by atoms with Crippen LogP contribution in [0.15, 0.2) is 270 Å². The molecule has 5 nitrogen and oxygen atoms in total. The van der Waals surface area contributed by atoms with Crippen molar-refractivity contribution in [2.75, 3.05) is 0 Å². The van der Waals surface area contributed by atoms with Gasteiger partial charge in [0.25, 0.3) is 0 Å². The van der Waals surface area contributed by atoms with Gasteiger partial charge in [-0.1, -0.05) is 224 Å². The largest absolute Gasteiger partial charge is 0.456 e. The van der Waals surface area contributed by atoms with Crippen LogP contribution in [0.1, 0.15) is 22.3 Å². The van der Waals surface area contributed by atoms with Gasteiger partial charge >= 0.3 is 0 Å². The molecule has 1 aliphatic carbocycles. The second kappa shape index (κ2) is 17.1. The summed E-state index contributed by atoms with van der Waals surface area (Å²) in [6.07, 6.45) is 0. The molecule has 0 radical (unpaired) electrons. The molecule has 0 atom stereocenters. The lowest BCUT2D eigenvalue weighted by molar-refractivity contribution is 0.668. The van der Waals surface area contributed by atoms with Crippen molar-refractivity contribution in [2.45, 2.75) is 5.41 Å². The average molecular weight is 958 g/mol. The molecule has 75 heavy (non-hydrogen) atoms. The number of furan rings is 2. The lowest BCUT2D eigenvalue weighted by atomic mass is 9.67. The highest BCUT2D eigenvalue weighted by Crippen LogP contribution is 2.58. The first-order chi connectivity index (χ1) is 37.2. The number of para-hydroxylation sites is 2. The fourth-order valence-electron chi connectivity index (χ4n) is 11.9. The molecule has 0 fully saturated rings. The Kier molecular flexibility index (Phi) is 9.72. The molecule has 0 saturated carbocycles. The predicted molar refractivity (Wildman–Crippen MR) is 304 cm³/mol. The standard InChI is InChI=1S/C70H43N3O2/c1-4-18-44(19-5-1)45-36-38-46(39-37-45)67-71-68(73-69(72-67)57-31-15-29-54-53-26-11-13-34-61(53)75-66(54)57)56-30-17-35-63-65(56)58-43-48(40-41-62(58)74-63)47-20-14-21-49(42-47)52-28-16-33-60-64(52)55-27-10-12-32-59(55)70(60,50-22-6-2-7-23-50)51-24-8-3-9-25-51/h1-43H. The molecule has 350 valence electrons. The van der Waals surface area contributed by atoms with E-state index >= 15 is 0 Å². The molecule has 3 heterocycles. The third-order valence-electron chi connectivity index (χ3n) is 15.3. The molecule has 11 aromatic carbocycles.